The zero-order valence-electron chi connectivity index (χ0n) is 36.3. The highest BCUT2D eigenvalue weighted by molar-refractivity contribution is 5.91. The summed E-state index contributed by atoms with van der Waals surface area (Å²) in [7, 11) is 0. The smallest absolute Gasteiger partial charge is 0.0488 e. The van der Waals surface area contributed by atoms with E-state index in [4.69, 9.17) is 0 Å². The number of benzene rings is 8. The standard InChI is InChI=1S/C60H52N2/c1-7-8-19-57-44(4)60(5,6)59-40-49(28-37-58(57)59)50-38-55(61(51-29-20-42(2)21-30-51)53-33-24-47(25-34-53)45-15-11-9-12-16-45)41-56(39-50)62(52-31-22-43(3)23-32-52)54-35-26-48(27-36-54)46-17-13-10-14-18-46/h7-41H,1H2,2-6H3. The van der Waals surface area contributed by atoms with Gasteiger partial charge in [0.05, 0.1) is 0 Å². The fourth-order valence-corrected chi connectivity index (χ4v) is 8.76. The van der Waals surface area contributed by atoms with Crippen LogP contribution >= 0.6 is 0 Å². The van der Waals surface area contributed by atoms with E-state index in [1.807, 2.05) is 12.2 Å². The van der Waals surface area contributed by atoms with Crippen LogP contribution < -0.4 is 9.80 Å². The fraction of sp³-hybridized carbons (Fsp3) is 0.100. The highest BCUT2D eigenvalue weighted by atomic mass is 15.2. The molecule has 0 saturated carbocycles. The Morgan fingerprint density at radius 1 is 0.403 bits per heavy atom. The summed E-state index contributed by atoms with van der Waals surface area (Å²) >= 11 is 0. The van der Waals surface area contributed by atoms with Crippen molar-refractivity contribution in [2.75, 3.05) is 9.80 Å². The highest BCUT2D eigenvalue weighted by Gasteiger charge is 2.34. The number of allylic oxidation sites excluding steroid dienone is 5. The SMILES string of the molecule is C=CC=CC1=C(C)C(C)(C)c2cc(-c3cc(N(c4ccc(C)cc4)c4ccc(-c5ccccc5)cc4)cc(N(c4ccc(C)cc4)c4ccc(-c5ccccc5)cc4)c3)ccc21. The lowest BCUT2D eigenvalue weighted by atomic mass is 9.81. The number of fused-ring (bicyclic) bond motifs is 1. The molecule has 0 N–H and O–H groups in total. The molecule has 0 amide bonds. The summed E-state index contributed by atoms with van der Waals surface area (Å²) in [6.07, 6.45) is 6.11. The van der Waals surface area contributed by atoms with Gasteiger partial charge in [-0.2, -0.15) is 0 Å². The van der Waals surface area contributed by atoms with Crippen molar-refractivity contribution >= 4 is 39.7 Å². The van der Waals surface area contributed by atoms with Crippen molar-refractivity contribution in [2.24, 2.45) is 0 Å². The lowest BCUT2D eigenvalue weighted by molar-refractivity contribution is 0.639. The Hall–Kier alpha value is -7.42. The summed E-state index contributed by atoms with van der Waals surface area (Å²) in [4.78, 5) is 4.79. The van der Waals surface area contributed by atoms with Crippen LogP contribution in [-0.4, -0.2) is 0 Å². The first-order valence-electron chi connectivity index (χ1n) is 21.5. The third kappa shape index (κ3) is 7.84. The molecule has 2 nitrogen and oxygen atoms in total. The van der Waals surface area contributed by atoms with Gasteiger partial charge in [0.2, 0.25) is 0 Å². The third-order valence-corrected chi connectivity index (χ3v) is 12.5. The van der Waals surface area contributed by atoms with E-state index in [9.17, 15) is 0 Å². The molecule has 9 rings (SSSR count). The second-order valence-electron chi connectivity index (χ2n) is 16.9. The zero-order chi connectivity index (χ0) is 42.8. The topological polar surface area (TPSA) is 6.48 Å². The van der Waals surface area contributed by atoms with Crippen molar-refractivity contribution < 1.29 is 0 Å². The number of hydrogen-bond acceptors (Lipinski definition) is 2. The first kappa shape index (κ1) is 40.0. The Balaban J connectivity index is 1.26. The van der Waals surface area contributed by atoms with Crippen LogP contribution in [0.3, 0.4) is 0 Å². The maximum absolute atomic E-state index is 3.95. The second kappa shape index (κ2) is 16.9. The monoisotopic (exact) mass is 800 g/mol. The largest absolute Gasteiger partial charge is 0.310 e. The van der Waals surface area contributed by atoms with Gasteiger partial charge in [0.25, 0.3) is 0 Å². The molecule has 62 heavy (non-hydrogen) atoms. The fourth-order valence-electron chi connectivity index (χ4n) is 8.76. The summed E-state index contributed by atoms with van der Waals surface area (Å²) in [6.45, 7) is 15.2. The number of nitrogens with zero attached hydrogens (tertiary/aromatic N) is 2. The molecule has 0 saturated heterocycles. The molecular formula is C60H52N2. The molecule has 8 aromatic carbocycles. The minimum absolute atomic E-state index is 0.129. The Morgan fingerprint density at radius 3 is 1.24 bits per heavy atom. The van der Waals surface area contributed by atoms with E-state index in [-0.39, 0.29) is 5.41 Å². The van der Waals surface area contributed by atoms with E-state index in [1.165, 1.54) is 61.2 Å². The number of rotatable bonds is 11. The maximum atomic E-state index is 3.95. The van der Waals surface area contributed by atoms with Crippen molar-refractivity contribution in [2.45, 2.75) is 40.0 Å². The van der Waals surface area contributed by atoms with Gasteiger partial charge in [-0.3, -0.25) is 0 Å². The minimum Gasteiger partial charge on any atom is -0.310 e. The lowest BCUT2D eigenvalue weighted by Crippen LogP contribution is -2.15. The molecule has 8 aromatic rings. The van der Waals surface area contributed by atoms with Gasteiger partial charge >= 0.3 is 0 Å². The lowest BCUT2D eigenvalue weighted by Gasteiger charge is -2.31. The molecule has 0 fully saturated rings. The Morgan fingerprint density at radius 2 is 0.806 bits per heavy atom. The van der Waals surface area contributed by atoms with Crippen LogP contribution in [0.15, 0.2) is 225 Å². The first-order valence-corrected chi connectivity index (χ1v) is 21.5. The zero-order valence-corrected chi connectivity index (χ0v) is 36.3. The molecule has 0 spiro atoms. The summed E-state index contributed by atoms with van der Waals surface area (Å²) < 4.78 is 0. The molecule has 2 heteroatoms. The van der Waals surface area contributed by atoms with Gasteiger partial charge in [-0.05, 0) is 144 Å². The quantitative estimate of drug-likeness (QED) is 0.120. The van der Waals surface area contributed by atoms with Gasteiger partial charge in [0, 0.05) is 39.5 Å². The van der Waals surface area contributed by atoms with Crippen LogP contribution in [0.5, 0.6) is 0 Å². The number of hydrogen-bond donors (Lipinski definition) is 0. The normalized spacial score (nSPS) is 13.0. The molecule has 0 bridgehead atoms. The molecule has 0 heterocycles. The average Bonchev–Trinajstić information content (AvgIpc) is 3.50. The van der Waals surface area contributed by atoms with E-state index >= 15 is 0 Å². The summed E-state index contributed by atoms with van der Waals surface area (Å²) in [5.41, 5.74) is 21.1. The highest BCUT2D eigenvalue weighted by Crippen LogP contribution is 2.49. The van der Waals surface area contributed by atoms with Gasteiger partial charge in [0.1, 0.15) is 0 Å². The van der Waals surface area contributed by atoms with Crippen molar-refractivity contribution in [3.05, 3.63) is 247 Å². The molecule has 0 atom stereocenters. The molecule has 0 unspecified atom stereocenters. The molecule has 302 valence electrons. The van der Waals surface area contributed by atoms with Gasteiger partial charge in [0.15, 0.2) is 0 Å². The number of anilines is 6. The van der Waals surface area contributed by atoms with E-state index in [2.05, 4.69) is 251 Å². The van der Waals surface area contributed by atoms with Gasteiger partial charge in [-0.1, -0.05) is 177 Å². The maximum Gasteiger partial charge on any atom is 0.0488 e. The predicted octanol–water partition coefficient (Wildman–Crippen LogP) is 17.1. The Bertz CT molecular complexity index is 2770. The average molecular weight is 801 g/mol. The first-order chi connectivity index (χ1) is 30.2. The Kier molecular flexibility index (Phi) is 10.9. The van der Waals surface area contributed by atoms with Gasteiger partial charge in [-0.15, -0.1) is 0 Å². The van der Waals surface area contributed by atoms with Crippen molar-refractivity contribution in [3.63, 3.8) is 0 Å². The summed E-state index contributed by atoms with van der Waals surface area (Å²) in [6, 6.07) is 71.0. The number of aryl methyl sites for hydroxylation is 2. The van der Waals surface area contributed by atoms with Crippen LogP contribution in [0.1, 0.15) is 43.0 Å². The van der Waals surface area contributed by atoms with Crippen LogP contribution in [0, 0.1) is 13.8 Å². The second-order valence-corrected chi connectivity index (χ2v) is 16.9. The van der Waals surface area contributed by atoms with E-state index in [1.54, 1.807) is 0 Å². The van der Waals surface area contributed by atoms with E-state index < -0.39 is 0 Å². The third-order valence-electron chi connectivity index (χ3n) is 12.5. The molecular weight excluding hydrogens is 749 g/mol. The van der Waals surface area contributed by atoms with Crippen molar-refractivity contribution in [3.8, 4) is 33.4 Å². The van der Waals surface area contributed by atoms with Gasteiger partial charge in [-0.25, -0.2) is 0 Å². The Labute approximate surface area is 368 Å². The molecule has 0 radical (unpaired) electrons. The molecule has 1 aliphatic rings. The van der Waals surface area contributed by atoms with Gasteiger partial charge < -0.3 is 9.80 Å². The van der Waals surface area contributed by atoms with Crippen molar-refractivity contribution in [1.29, 1.82) is 0 Å². The van der Waals surface area contributed by atoms with Crippen LogP contribution in [0.4, 0.5) is 34.1 Å². The van der Waals surface area contributed by atoms with Crippen LogP contribution in [-0.2, 0) is 5.41 Å². The molecule has 1 aliphatic carbocycles. The van der Waals surface area contributed by atoms with E-state index in [0.717, 1.165) is 39.7 Å². The van der Waals surface area contributed by atoms with Crippen molar-refractivity contribution in [1.82, 2.24) is 0 Å². The molecule has 0 aliphatic heterocycles. The van der Waals surface area contributed by atoms with Crippen LogP contribution in [0.2, 0.25) is 0 Å². The summed E-state index contributed by atoms with van der Waals surface area (Å²) in [5, 5.41) is 0. The van der Waals surface area contributed by atoms with E-state index in [0.29, 0.717) is 0 Å². The predicted molar refractivity (Wildman–Crippen MR) is 267 cm³/mol. The molecule has 0 aromatic heterocycles. The summed E-state index contributed by atoms with van der Waals surface area (Å²) in [5.74, 6) is 0. The minimum atomic E-state index is -0.129. The van der Waals surface area contributed by atoms with Crippen LogP contribution in [0.25, 0.3) is 39.0 Å².